The van der Waals surface area contributed by atoms with Gasteiger partial charge in [-0.15, -0.1) is 12.4 Å². The zero-order valence-corrected chi connectivity index (χ0v) is 13.0. The molecular weight excluding hydrogens is 309 g/mol. The number of carbonyl (C=O) groups is 2. The second-order valence-electron chi connectivity index (χ2n) is 5.27. The fourth-order valence-electron chi connectivity index (χ4n) is 2.39. The van der Waals surface area contributed by atoms with Crippen LogP contribution in [0.5, 0.6) is 0 Å². The Labute approximate surface area is 135 Å². The summed E-state index contributed by atoms with van der Waals surface area (Å²) in [4.78, 5) is 23.0. The minimum absolute atomic E-state index is 0. The molecular formula is C15H21ClFN3O2. The van der Waals surface area contributed by atoms with Crippen LogP contribution in [-0.2, 0) is 9.59 Å². The number of hydrogen-bond donors (Lipinski definition) is 3. The number of rotatable bonds is 6. The van der Waals surface area contributed by atoms with Crippen molar-refractivity contribution in [2.75, 3.05) is 13.1 Å². The molecule has 0 spiro atoms. The van der Waals surface area contributed by atoms with Crippen LogP contribution in [0.4, 0.5) is 4.39 Å². The molecule has 0 aliphatic heterocycles. The van der Waals surface area contributed by atoms with Gasteiger partial charge in [-0.1, -0.05) is 18.6 Å². The average Bonchev–Trinajstić information content (AvgIpc) is 2.43. The quantitative estimate of drug-likeness (QED) is 0.735. The highest BCUT2D eigenvalue weighted by molar-refractivity contribution is 5.86. The maximum absolute atomic E-state index is 13.0. The molecule has 4 N–H and O–H groups in total. The Hall–Kier alpha value is -1.66. The summed E-state index contributed by atoms with van der Waals surface area (Å²) in [5.74, 6) is -0.567. The van der Waals surface area contributed by atoms with Crippen LogP contribution >= 0.6 is 12.4 Å². The minimum atomic E-state index is -0.368. The van der Waals surface area contributed by atoms with Crippen molar-refractivity contribution < 1.29 is 14.0 Å². The Morgan fingerprint density at radius 2 is 1.86 bits per heavy atom. The van der Waals surface area contributed by atoms with Gasteiger partial charge in [-0.05, 0) is 36.5 Å². The van der Waals surface area contributed by atoms with Gasteiger partial charge in [0.05, 0.1) is 19.1 Å². The van der Waals surface area contributed by atoms with Crippen LogP contribution < -0.4 is 16.4 Å². The summed E-state index contributed by atoms with van der Waals surface area (Å²) in [6.07, 6.45) is 3.22. The molecule has 5 nitrogen and oxygen atoms in total. The fourth-order valence-corrected chi connectivity index (χ4v) is 2.39. The highest BCUT2D eigenvalue weighted by Gasteiger charge is 2.29. The van der Waals surface area contributed by atoms with Gasteiger partial charge in [-0.2, -0.15) is 0 Å². The molecule has 22 heavy (non-hydrogen) atoms. The Morgan fingerprint density at radius 3 is 2.36 bits per heavy atom. The van der Waals surface area contributed by atoms with Crippen molar-refractivity contribution in [3.8, 4) is 0 Å². The molecule has 1 saturated carbocycles. The van der Waals surface area contributed by atoms with E-state index in [-0.39, 0.29) is 49.2 Å². The molecule has 2 amide bonds. The second-order valence-corrected chi connectivity index (χ2v) is 5.27. The van der Waals surface area contributed by atoms with E-state index in [4.69, 9.17) is 5.73 Å². The molecule has 1 aromatic carbocycles. The van der Waals surface area contributed by atoms with E-state index < -0.39 is 0 Å². The van der Waals surface area contributed by atoms with Gasteiger partial charge in [0.25, 0.3) is 0 Å². The smallest absolute Gasteiger partial charge is 0.239 e. The normalized spacial score (nSPS) is 15.2. The van der Waals surface area contributed by atoms with E-state index in [0.29, 0.717) is 5.92 Å². The van der Waals surface area contributed by atoms with Crippen molar-refractivity contribution in [1.29, 1.82) is 0 Å². The third-order valence-electron chi connectivity index (χ3n) is 3.80. The molecule has 1 aromatic rings. The van der Waals surface area contributed by atoms with Crippen LogP contribution in [0.2, 0.25) is 0 Å². The summed E-state index contributed by atoms with van der Waals surface area (Å²) < 4.78 is 13.0. The molecule has 2 rings (SSSR count). The van der Waals surface area contributed by atoms with Crippen LogP contribution in [0, 0.1) is 11.7 Å². The summed E-state index contributed by atoms with van der Waals surface area (Å²) in [5, 5.41) is 5.35. The number of hydrogen-bond acceptors (Lipinski definition) is 3. The molecule has 1 aliphatic rings. The lowest BCUT2D eigenvalue weighted by atomic mass is 9.77. The number of nitrogens with one attached hydrogen (secondary N) is 2. The van der Waals surface area contributed by atoms with Gasteiger partial charge in [0.1, 0.15) is 5.82 Å². The molecule has 0 aromatic heterocycles. The molecule has 122 valence electrons. The molecule has 0 saturated heterocycles. The van der Waals surface area contributed by atoms with Crippen LogP contribution in [-0.4, -0.2) is 24.9 Å². The number of benzene rings is 1. The standard InChI is InChI=1S/C15H20FN3O2.ClH/c16-12-6-4-11(5-7-12)15(10-2-1-3-10)19-14(21)9-18-13(20)8-17;/h4-7,10,15H,1-3,8-9,17H2,(H,18,20)(H,19,21);1H. The van der Waals surface area contributed by atoms with Gasteiger partial charge in [0, 0.05) is 0 Å². The summed E-state index contributed by atoms with van der Waals surface area (Å²) in [5.41, 5.74) is 6.05. The Kier molecular flexibility index (Phi) is 7.27. The first-order valence-corrected chi connectivity index (χ1v) is 7.11. The Morgan fingerprint density at radius 1 is 1.23 bits per heavy atom. The van der Waals surface area contributed by atoms with Crippen molar-refractivity contribution in [2.45, 2.75) is 25.3 Å². The maximum Gasteiger partial charge on any atom is 0.239 e. The van der Waals surface area contributed by atoms with Gasteiger partial charge >= 0.3 is 0 Å². The lowest BCUT2D eigenvalue weighted by molar-refractivity contribution is -0.126. The van der Waals surface area contributed by atoms with E-state index in [1.54, 1.807) is 12.1 Å². The number of halogens is 2. The Bertz CT molecular complexity index is 506. The van der Waals surface area contributed by atoms with Gasteiger partial charge in [-0.25, -0.2) is 4.39 Å². The minimum Gasteiger partial charge on any atom is -0.347 e. The monoisotopic (exact) mass is 329 g/mol. The maximum atomic E-state index is 13.0. The molecule has 1 atom stereocenters. The second kappa shape index (κ2) is 8.70. The molecule has 1 fully saturated rings. The van der Waals surface area contributed by atoms with Crippen molar-refractivity contribution >= 4 is 24.2 Å². The average molecular weight is 330 g/mol. The first-order valence-electron chi connectivity index (χ1n) is 7.11. The van der Waals surface area contributed by atoms with E-state index in [0.717, 1.165) is 24.8 Å². The topological polar surface area (TPSA) is 84.2 Å². The van der Waals surface area contributed by atoms with Crippen molar-refractivity contribution in [2.24, 2.45) is 11.7 Å². The molecule has 0 radical (unpaired) electrons. The first kappa shape index (κ1) is 18.4. The summed E-state index contributed by atoms with van der Waals surface area (Å²) in [7, 11) is 0. The summed E-state index contributed by atoms with van der Waals surface area (Å²) in [6, 6.07) is 6.03. The van der Waals surface area contributed by atoms with Crippen molar-refractivity contribution in [1.82, 2.24) is 10.6 Å². The van der Waals surface area contributed by atoms with E-state index in [1.807, 2.05) is 0 Å². The lowest BCUT2D eigenvalue weighted by Gasteiger charge is -2.34. The van der Waals surface area contributed by atoms with Crippen LogP contribution in [0.1, 0.15) is 30.9 Å². The highest BCUT2D eigenvalue weighted by Crippen LogP contribution is 2.37. The third-order valence-corrected chi connectivity index (χ3v) is 3.80. The van der Waals surface area contributed by atoms with Gasteiger partial charge < -0.3 is 16.4 Å². The zero-order valence-electron chi connectivity index (χ0n) is 12.2. The van der Waals surface area contributed by atoms with E-state index in [1.165, 1.54) is 12.1 Å². The van der Waals surface area contributed by atoms with E-state index >= 15 is 0 Å². The largest absolute Gasteiger partial charge is 0.347 e. The fraction of sp³-hybridized carbons (Fsp3) is 0.467. The van der Waals surface area contributed by atoms with Gasteiger partial charge in [-0.3, -0.25) is 9.59 Å². The van der Waals surface area contributed by atoms with Gasteiger partial charge in [0.2, 0.25) is 11.8 Å². The number of amides is 2. The van der Waals surface area contributed by atoms with Crippen LogP contribution in [0.15, 0.2) is 24.3 Å². The molecule has 7 heteroatoms. The third kappa shape index (κ3) is 4.96. The highest BCUT2D eigenvalue weighted by atomic mass is 35.5. The summed E-state index contributed by atoms with van der Waals surface area (Å²) in [6.45, 7) is -0.238. The van der Waals surface area contributed by atoms with Crippen LogP contribution in [0.25, 0.3) is 0 Å². The lowest BCUT2D eigenvalue weighted by Crippen LogP contribution is -2.43. The molecule has 0 heterocycles. The van der Waals surface area contributed by atoms with Crippen molar-refractivity contribution in [3.05, 3.63) is 35.6 Å². The summed E-state index contributed by atoms with van der Waals surface area (Å²) >= 11 is 0. The Balaban J connectivity index is 0.00000242. The number of nitrogens with two attached hydrogens (primary N) is 1. The zero-order chi connectivity index (χ0) is 15.2. The molecule has 0 bridgehead atoms. The van der Waals surface area contributed by atoms with Crippen LogP contribution in [0.3, 0.4) is 0 Å². The first-order chi connectivity index (χ1) is 10.1. The van der Waals surface area contributed by atoms with Gasteiger partial charge in [0.15, 0.2) is 0 Å². The molecule has 1 unspecified atom stereocenters. The predicted molar refractivity (Wildman–Crippen MR) is 83.9 cm³/mol. The predicted octanol–water partition coefficient (Wildman–Crippen LogP) is 1.28. The van der Waals surface area contributed by atoms with E-state index in [9.17, 15) is 14.0 Å². The van der Waals surface area contributed by atoms with Crippen molar-refractivity contribution in [3.63, 3.8) is 0 Å². The number of carbonyl (C=O) groups excluding carboxylic acids is 2. The molecule has 1 aliphatic carbocycles. The SMILES string of the molecule is Cl.NCC(=O)NCC(=O)NC(c1ccc(F)cc1)C1CCC1. The van der Waals surface area contributed by atoms with E-state index in [2.05, 4.69) is 10.6 Å².